The summed E-state index contributed by atoms with van der Waals surface area (Å²) in [6.07, 6.45) is 2.70. The Morgan fingerprint density at radius 2 is 1.79 bits per heavy atom. The molecule has 3 heterocycles. The predicted molar refractivity (Wildman–Crippen MR) is 136 cm³/mol. The van der Waals surface area contributed by atoms with Gasteiger partial charge in [0, 0.05) is 57.8 Å². The fourth-order valence-electron chi connectivity index (χ4n) is 4.16. The molecule has 2 N–H and O–H groups in total. The maximum atomic E-state index is 12.1. The average Bonchev–Trinajstić information content (AvgIpc) is 3.21. The van der Waals surface area contributed by atoms with E-state index in [1.54, 1.807) is 17.8 Å². The SMILES string of the molecule is CNC(=O)c1cc(-c2nc(Nc3ccc(N4CCN(C)CC4)cc3)ncc2CC(C)C)n(C)n1. The van der Waals surface area contributed by atoms with Gasteiger partial charge in [0.15, 0.2) is 5.69 Å². The lowest BCUT2D eigenvalue weighted by atomic mass is 10.0. The number of likely N-dealkylation sites (N-methyl/N-ethyl adjacent to an activating group) is 1. The molecule has 180 valence electrons. The summed E-state index contributed by atoms with van der Waals surface area (Å²) < 4.78 is 1.70. The third kappa shape index (κ3) is 5.36. The number of carbonyl (C=O) groups is 1. The molecule has 1 fully saturated rings. The van der Waals surface area contributed by atoms with Crippen molar-refractivity contribution in [1.82, 2.24) is 30.0 Å². The normalized spacial score (nSPS) is 14.5. The molecule has 1 aliphatic rings. The molecule has 0 atom stereocenters. The van der Waals surface area contributed by atoms with Crippen molar-refractivity contribution in [2.75, 3.05) is 50.5 Å². The molecule has 3 aromatic rings. The molecule has 9 nitrogen and oxygen atoms in total. The summed E-state index contributed by atoms with van der Waals surface area (Å²) in [5.74, 6) is 0.729. The first kappa shape index (κ1) is 23.7. The fourth-order valence-corrected chi connectivity index (χ4v) is 4.16. The van der Waals surface area contributed by atoms with Crippen LogP contribution in [0.4, 0.5) is 17.3 Å². The van der Waals surface area contributed by atoms with Gasteiger partial charge in [-0.05, 0) is 55.3 Å². The highest BCUT2D eigenvalue weighted by atomic mass is 16.1. The van der Waals surface area contributed by atoms with Gasteiger partial charge < -0.3 is 20.4 Å². The van der Waals surface area contributed by atoms with Gasteiger partial charge in [-0.25, -0.2) is 9.97 Å². The Hall–Kier alpha value is -3.46. The summed E-state index contributed by atoms with van der Waals surface area (Å²) in [5.41, 5.74) is 5.11. The van der Waals surface area contributed by atoms with Crippen molar-refractivity contribution in [3.63, 3.8) is 0 Å². The summed E-state index contributed by atoms with van der Waals surface area (Å²) >= 11 is 0. The van der Waals surface area contributed by atoms with Crippen molar-refractivity contribution in [2.24, 2.45) is 13.0 Å². The Morgan fingerprint density at radius 3 is 2.44 bits per heavy atom. The molecule has 0 radical (unpaired) electrons. The van der Waals surface area contributed by atoms with Crippen LogP contribution in [-0.4, -0.2) is 70.8 Å². The number of aryl methyl sites for hydroxylation is 1. The van der Waals surface area contributed by atoms with Crippen LogP contribution in [0.25, 0.3) is 11.4 Å². The van der Waals surface area contributed by atoms with E-state index in [0.29, 0.717) is 17.6 Å². The molecule has 0 unspecified atom stereocenters. The van der Waals surface area contributed by atoms with E-state index in [0.717, 1.165) is 55.2 Å². The lowest BCUT2D eigenvalue weighted by molar-refractivity contribution is 0.0957. The molecule has 0 aliphatic carbocycles. The second kappa shape index (κ2) is 10.2. The topological polar surface area (TPSA) is 91.2 Å². The molecule has 34 heavy (non-hydrogen) atoms. The minimum Gasteiger partial charge on any atom is -0.369 e. The first-order valence-corrected chi connectivity index (χ1v) is 11.8. The Balaban J connectivity index is 1.59. The summed E-state index contributed by atoms with van der Waals surface area (Å²) in [4.78, 5) is 26.3. The van der Waals surface area contributed by atoms with Crippen molar-refractivity contribution in [2.45, 2.75) is 20.3 Å². The standard InChI is InChI=1S/C25H34N8O/c1-17(2)14-18-16-27-25(29-23(18)22-15-21(24(34)26-3)30-32(22)5)28-19-6-8-20(9-7-19)33-12-10-31(4)11-13-33/h6-9,15-17H,10-14H2,1-5H3,(H,26,34)(H,27,28,29). The van der Waals surface area contributed by atoms with Crippen LogP contribution in [0.5, 0.6) is 0 Å². The van der Waals surface area contributed by atoms with E-state index in [1.807, 2.05) is 13.2 Å². The van der Waals surface area contributed by atoms with Gasteiger partial charge in [0.25, 0.3) is 5.91 Å². The Labute approximate surface area is 201 Å². The number of amides is 1. The van der Waals surface area contributed by atoms with E-state index >= 15 is 0 Å². The monoisotopic (exact) mass is 462 g/mol. The second-order valence-electron chi connectivity index (χ2n) is 9.25. The number of nitrogens with zero attached hydrogens (tertiary/aromatic N) is 6. The molecule has 0 spiro atoms. The molecule has 1 aromatic carbocycles. The zero-order chi connectivity index (χ0) is 24.2. The van der Waals surface area contributed by atoms with Crippen LogP contribution < -0.4 is 15.5 Å². The van der Waals surface area contributed by atoms with Gasteiger partial charge in [0.2, 0.25) is 5.95 Å². The van der Waals surface area contributed by atoms with E-state index in [1.165, 1.54) is 5.69 Å². The number of benzene rings is 1. The summed E-state index contributed by atoms with van der Waals surface area (Å²) in [6.45, 7) is 8.56. The van der Waals surface area contributed by atoms with Gasteiger partial charge in [-0.3, -0.25) is 9.48 Å². The highest BCUT2D eigenvalue weighted by molar-refractivity contribution is 5.93. The van der Waals surface area contributed by atoms with Crippen LogP contribution in [0.3, 0.4) is 0 Å². The molecule has 4 rings (SSSR count). The molecule has 1 saturated heterocycles. The largest absolute Gasteiger partial charge is 0.369 e. The summed E-state index contributed by atoms with van der Waals surface area (Å²) in [5, 5.41) is 10.3. The van der Waals surface area contributed by atoms with Crippen LogP contribution >= 0.6 is 0 Å². The molecule has 9 heteroatoms. The fraction of sp³-hybridized carbons (Fsp3) is 0.440. The predicted octanol–water partition coefficient (Wildman–Crippen LogP) is 2.93. The van der Waals surface area contributed by atoms with Crippen LogP contribution in [0.1, 0.15) is 29.9 Å². The van der Waals surface area contributed by atoms with Gasteiger partial charge in [-0.1, -0.05) is 13.8 Å². The minimum absolute atomic E-state index is 0.222. The first-order valence-electron chi connectivity index (χ1n) is 11.8. The molecule has 0 saturated carbocycles. The van der Waals surface area contributed by atoms with E-state index in [9.17, 15) is 4.79 Å². The van der Waals surface area contributed by atoms with Gasteiger partial charge in [-0.15, -0.1) is 0 Å². The third-order valence-electron chi connectivity index (χ3n) is 6.07. The Bertz CT molecular complexity index is 1130. The third-order valence-corrected chi connectivity index (χ3v) is 6.07. The molecule has 1 amide bonds. The number of hydrogen-bond acceptors (Lipinski definition) is 7. The van der Waals surface area contributed by atoms with Gasteiger partial charge in [0.1, 0.15) is 0 Å². The van der Waals surface area contributed by atoms with E-state index < -0.39 is 0 Å². The zero-order valence-electron chi connectivity index (χ0n) is 20.7. The first-order chi connectivity index (χ1) is 16.3. The highest BCUT2D eigenvalue weighted by Crippen LogP contribution is 2.27. The summed E-state index contributed by atoms with van der Waals surface area (Å²) in [7, 11) is 5.59. The van der Waals surface area contributed by atoms with E-state index in [4.69, 9.17) is 4.98 Å². The quantitative estimate of drug-likeness (QED) is 0.558. The number of piperazine rings is 1. The van der Waals surface area contributed by atoms with Crippen molar-refractivity contribution in [1.29, 1.82) is 0 Å². The molecular formula is C25H34N8O. The molecule has 1 aliphatic heterocycles. The maximum absolute atomic E-state index is 12.1. The number of carbonyl (C=O) groups excluding carboxylic acids is 1. The second-order valence-corrected chi connectivity index (χ2v) is 9.25. The van der Waals surface area contributed by atoms with E-state index in [2.05, 4.69) is 75.7 Å². The highest BCUT2D eigenvalue weighted by Gasteiger charge is 2.19. The van der Waals surface area contributed by atoms with Crippen LogP contribution in [0, 0.1) is 5.92 Å². The van der Waals surface area contributed by atoms with Gasteiger partial charge in [-0.2, -0.15) is 5.10 Å². The zero-order valence-corrected chi connectivity index (χ0v) is 20.7. The number of hydrogen-bond donors (Lipinski definition) is 2. The minimum atomic E-state index is -0.222. The molecule has 0 bridgehead atoms. The number of rotatable bonds is 7. The smallest absolute Gasteiger partial charge is 0.271 e. The number of nitrogens with one attached hydrogen (secondary N) is 2. The number of anilines is 3. The van der Waals surface area contributed by atoms with Crippen molar-refractivity contribution >= 4 is 23.2 Å². The van der Waals surface area contributed by atoms with Crippen molar-refractivity contribution in [3.8, 4) is 11.4 Å². The summed E-state index contributed by atoms with van der Waals surface area (Å²) in [6, 6.07) is 10.2. The van der Waals surface area contributed by atoms with Gasteiger partial charge in [0.05, 0.1) is 11.4 Å². The van der Waals surface area contributed by atoms with Crippen LogP contribution in [-0.2, 0) is 13.5 Å². The van der Waals surface area contributed by atoms with Crippen molar-refractivity contribution in [3.05, 3.63) is 47.8 Å². The average molecular weight is 463 g/mol. The van der Waals surface area contributed by atoms with Gasteiger partial charge >= 0.3 is 0 Å². The molecule has 2 aromatic heterocycles. The Morgan fingerprint density at radius 1 is 1.09 bits per heavy atom. The number of aromatic nitrogens is 4. The van der Waals surface area contributed by atoms with Crippen LogP contribution in [0.2, 0.25) is 0 Å². The Kier molecular flexibility index (Phi) is 7.12. The van der Waals surface area contributed by atoms with Crippen molar-refractivity contribution < 1.29 is 4.79 Å². The molecular weight excluding hydrogens is 428 g/mol. The lowest BCUT2D eigenvalue weighted by Crippen LogP contribution is -2.44. The van der Waals surface area contributed by atoms with Crippen LogP contribution in [0.15, 0.2) is 36.5 Å². The maximum Gasteiger partial charge on any atom is 0.271 e. The lowest BCUT2D eigenvalue weighted by Gasteiger charge is -2.34. The van der Waals surface area contributed by atoms with E-state index in [-0.39, 0.29) is 5.91 Å².